The lowest BCUT2D eigenvalue weighted by molar-refractivity contribution is -0.151. The summed E-state index contributed by atoms with van der Waals surface area (Å²) in [6.45, 7) is 3.02. The zero-order valence-electron chi connectivity index (χ0n) is 12.2. The Balaban J connectivity index is 2.47. The average molecular weight is 291 g/mol. The fourth-order valence-electron chi connectivity index (χ4n) is 2.07. The summed E-state index contributed by atoms with van der Waals surface area (Å²) < 4.78 is 0. The second kappa shape index (κ2) is 8.89. The van der Waals surface area contributed by atoms with E-state index < -0.39 is 24.1 Å². The first-order chi connectivity index (χ1) is 10.0. The third-order valence-corrected chi connectivity index (χ3v) is 3.13. The van der Waals surface area contributed by atoms with Gasteiger partial charge in [0.25, 0.3) is 0 Å². The summed E-state index contributed by atoms with van der Waals surface area (Å²) in [4.78, 5) is 35.1. The standard InChI is InChI=1S/C16H21NO4/c1-2-10-17(15(19)12-14(18)16(20)21)11-6-9-13-7-4-3-5-8-13/h3-5,7-8H,2,6,9-12H2,1H3,(H,20,21). The highest BCUT2D eigenvalue weighted by molar-refractivity contribution is 6.36. The van der Waals surface area contributed by atoms with Crippen LogP contribution in [-0.4, -0.2) is 40.8 Å². The van der Waals surface area contributed by atoms with E-state index in [1.54, 1.807) is 4.90 Å². The number of ketones is 1. The van der Waals surface area contributed by atoms with Crippen molar-refractivity contribution in [2.75, 3.05) is 13.1 Å². The molecule has 1 aromatic rings. The van der Waals surface area contributed by atoms with Gasteiger partial charge in [-0.25, -0.2) is 4.79 Å². The van der Waals surface area contributed by atoms with Gasteiger partial charge in [0.1, 0.15) is 0 Å². The van der Waals surface area contributed by atoms with Crippen molar-refractivity contribution in [2.45, 2.75) is 32.6 Å². The van der Waals surface area contributed by atoms with E-state index in [0.29, 0.717) is 13.1 Å². The second-order valence-corrected chi connectivity index (χ2v) is 4.88. The van der Waals surface area contributed by atoms with E-state index in [1.807, 2.05) is 37.3 Å². The van der Waals surface area contributed by atoms with Gasteiger partial charge >= 0.3 is 5.97 Å². The fraction of sp³-hybridized carbons (Fsp3) is 0.438. The number of nitrogens with zero attached hydrogens (tertiary/aromatic N) is 1. The predicted molar refractivity (Wildman–Crippen MR) is 78.9 cm³/mol. The van der Waals surface area contributed by atoms with Crippen molar-refractivity contribution in [3.05, 3.63) is 35.9 Å². The van der Waals surface area contributed by atoms with Crippen molar-refractivity contribution >= 4 is 17.7 Å². The molecule has 1 amide bonds. The van der Waals surface area contributed by atoms with Crippen molar-refractivity contribution in [1.82, 2.24) is 4.90 Å². The number of Topliss-reactive ketones (excluding diaryl/α,β-unsaturated/α-hetero) is 1. The van der Waals surface area contributed by atoms with Crippen LogP contribution in [0.5, 0.6) is 0 Å². The van der Waals surface area contributed by atoms with Gasteiger partial charge in [0, 0.05) is 13.1 Å². The number of aliphatic carboxylic acids is 1. The first-order valence-corrected chi connectivity index (χ1v) is 7.12. The summed E-state index contributed by atoms with van der Waals surface area (Å²) in [5, 5.41) is 8.55. The summed E-state index contributed by atoms with van der Waals surface area (Å²) >= 11 is 0. The van der Waals surface area contributed by atoms with Gasteiger partial charge in [0.2, 0.25) is 11.7 Å². The number of hydrogen-bond acceptors (Lipinski definition) is 3. The van der Waals surface area contributed by atoms with E-state index in [9.17, 15) is 14.4 Å². The van der Waals surface area contributed by atoms with E-state index >= 15 is 0 Å². The van der Waals surface area contributed by atoms with E-state index in [2.05, 4.69) is 0 Å². The number of aryl methyl sites for hydroxylation is 1. The first-order valence-electron chi connectivity index (χ1n) is 7.12. The molecule has 0 unspecified atom stereocenters. The molecule has 0 atom stereocenters. The van der Waals surface area contributed by atoms with Crippen LogP contribution in [0.2, 0.25) is 0 Å². The van der Waals surface area contributed by atoms with Crippen molar-refractivity contribution < 1.29 is 19.5 Å². The van der Waals surface area contributed by atoms with Crippen molar-refractivity contribution in [3.8, 4) is 0 Å². The number of carbonyl (C=O) groups excluding carboxylic acids is 2. The predicted octanol–water partition coefficient (Wildman–Crippen LogP) is 1.90. The lowest BCUT2D eigenvalue weighted by Crippen LogP contribution is -2.35. The van der Waals surface area contributed by atoms with Crippen molar-refractivity contribution in [3.63, 3.8) is 0 Å². The normalized spacial score (nSPS) is 10.1. The van der Waals surface area contributed by atoms with Crippen LogP contribution in [0, 0.1) is 0 Å². The minimum Gasteiger partial charge on any atom is -0.475 e. The number of rotatable bonds is 9. The molecule has 0 heterocycles. The maximum Gasteiger partial charge on any atom is 0.372 e. The zero-order chi connectivity index (χ0) is 15.7. The maximum absolute atomic E-state index is 11.9. The van der Waals surface area contributed by atoms with Crippen LogP contribution < -0.4 is 0 Å². The van der Waals surface area contributed by atoms with Crippen molar-refractivity contribution in [1.29, 1.82) is 0 Å². The lowest BCUT2D eigenvalue weighted by Gasteiger charge is -2.21. The maximum atomic E-state index is 11.9. The topological polar surface area (TPSA) is 74.7 Å². The van der Waals surface area contributed by atoms with Gasteiger partial charge in [-0.2, -0.15) is 0 Å². The Bertz CT molecular complexity index is 484. The third-order valence-electron chi connectivity index (χ3n) is 3.13. The van der Waals surface area contributed by atoms with Crippen LogP contribution in [0.1, 0.15) is 31.7 Å². The van der Waals surface area contributed by atoms with Crippen LogP contribution in [0.15, 0.2) is 30.3 Å². The Kier molecular flexibility index (Phi) is 7.15. The Labute approximate surface area is 124 Å². The SMILES string of the molecule is CCCN(CCCc1ccccc1)C(=O)CC(=O)C(=O)O. The van der Waals surface area contributed by atoms with Crippen LogP contribution in [0.3, 0.4) is 0 Å². The molecule has 0 aliphatic rings. The number of benzene rings is 1. The summed E-state index contributed by atoms with van der Waals surface area (Å²) in [6.07, 6.45) is 1.86. The molecule has 5 nitrogen and oxygen atoms in total. The second-order valence-electron chi connectivity index (χ2n) is 4.88. The van der Waals surface area contributed by atoms with Crippen LogP contribution in [0.25, 0.3) is 0 Å². The molecule has 0 fully saturated rings. The summed E-state index contributed by atoms with van der Waals surface area (Å²) in [5.41, 5.74) is 1.20. The quantitative estimate of drug-likeness (QED) is 0.557. The first kappa shape index (κ1) is 16.9. The number of carbonyl (C=O) groups is 3. The molecule has 21 heavy (non-hydrogen) atoms. The Morgan fingerprint density at radius 1 is 1.10 bits per heavy atom. The van der Waals surface area contributed by atoms with Gasteiger partial charge < -0.3 is 10.0 Å². The van der Waals surface area contributed by atoms with Crippen LogP contribution >= 0.6 is 0 Å². The molecule has 0 radical (unpaired) electrons. The highest BCUT2D eigenvalue weighted by Gasteiger charge is 2.20. The highest BCUT2D eigenvalue weighted by Crippen LogP contribution is 2.05. The van der Waals surface area contributed by atoms with E-state index in [0.717, 1.165) is 19.3 Å². The van der Waals surface area contributed by atoms with E-state index in [1.165, 1.54) is 5.56 Å². The molecular formula is C16H21NO4. The summed E-state index contributed by atoms with van der Waals surface area (Å²) in [6, 6.07) is 9.94. The lowest BCUT2D eigenvalue weighted by atomic mass is 10.1. The van der Waals surface area contributed by atoms with Crippen LogP contribution in [0.4, 0.5) is 0 Å². The Morgan fingerprint density at radius 3 is 2.33 bits per heavy atom. The minimum absolute atomic E-state index is 0.405. The molecule has 1 aromatic carbocycles. The van der Waals surface area contributed by atoms with E-state index in [-0.39, 0.29) is 0 Å². The van der Waals surface area contributed by atoms with Crippen LogP contribution in [-0.2, 0) is 20.8 Å². The minimum atomic E-state index is -1.55. The number of hydrogen-bond donors (Lipinski definition) is 1. The Morgan fingerprint density at radius 2 is 1.76 bits per heavy atom. The molecule has 5 heteroatoms. The van der Waals surface area contributed by atoms with Gasteiger partial charge in [0.15, 0.2) is 0 Å². The molecule has 0 aliphatic heterocycles. The number of carboxylic acids is 1. The average Bonchev–Trinajstić information content (AvgIpc) is 2.47. The highest BCUT2D eigenvalue weighted by atomic mass is 16.4. The molecule has 0 saturated carbocycles. The monoisotopic (exact) mass is 291 g/mol. The van der Waals surface area contributed by atoms with Gasteiger partial charge in [0.05, 0.1) is 6.42 Å². The van der Waals surface area contributed by atoms with E-state index in [4.69, 9.17) is 5.11 Å². The molecule has 0 spiro atoms. The summed E-state index contributed by atoms with van der Waals surface area (Å²) in [7, 11) is 0. The molecule has 0 saturated heterocycles. The number of carboxylic acid groups (broad SMARTS) is 1. The zero-order valence-corrected chi connectivity index (χ0v) is 12.2. The largest absolute Gasteiger partial charge is 0.475 e. The smallest absolute Gasteiger partial charge is 0.372 e. The third kappa shape index (κ3) is 6.21. The molecule has 0 aliphatic carbocycles. The molecule has 114 valence electrons. The van der Waals surface area contributed by atoms with Gasteiger partial charge in [-0.05, 0) is 24.8 Å². The molecule has 1 rings (SSSR count). The number of amides is 1. The molecule has 0 aromatic heterocycles. The van der Waals surface area contributed by atoms with Gasteiger partial charge in [-0.15, -0.1) is 0 Å². The summed E-state index contributed by atoms with van der Waals surface area (Å²) in [5.74, 6) is -3.01. The van der Waals surface area contributed by atoms with Gasteiger partial charge in [-0.1, -0.05) is 37.3 Å². The Hall–Kier alpha value is -2.17. The van der Waals surface area contributed by atoms with Gasteiger partial charge in [-0.3, -0.25) is 9.59 Å². The molecule has 0 bridgehead atoms. The molecule has 1 N–H and O–H groups in total. The molecular weight excluding hydrogens is 270 g/mol. The fourth-order valence-corrected chi connectivity index (χ4v) is 2.07. The van der Waals surface area contributed by atoms with Crippen molar-refractivity contribution in [2.24, 2.45) is 0 Å².